The fraction of sp³-hybridized carbons (Fsp3) is 0.419. The molecule has 0 aliphatic heterocycles. The minimum absolute atomic E-state index is 0.537. The van der Waals surface area contributed by atoms with E-state index in [0.29, 0.717) is 11.8 Å². The van der Waals surface area contributed by atoms with Crippen LogP contribution in [0.3, 0.4) is 0 Å². The van der Waals surface area contributed by atoms with E-state index in [1.165, 1.54) is 53.5 Å². The van der Waals surface area contributed by atoms with Gasteiger partial charge in [0.25, 0.3) is 0 Å². The van der Waals surface area contributed by atoms with Crippen LogP contribution in [0.25, 0.3) is 22.3 Å². The van der Waals surface area contributed by atoms with Gasteiger partial charge in [-0.1, -0.05) is 82.7 Å². The summed E-state index contributed by atoms with van der Waals surface area (Å²) in [7, 11) is 0. The number of allylic oxidation sites excluding steroid dienone is 5. The van der Waals surface area contributed by atoms with E-state index in [9.17, 15) is 0 Å². The van der Waals surface area contributed by atoms with Crippen LogP contribution in [0.1, 0.15) is 92.2 Å². The molecule has 0 fully saturated rings. The van der Waals surface area contributed by atoms with Crippen molar-refractivity contribution in [3.63, 3.8) is 0 Å². The smallest absolute Gasteiger partial charge is 0.0102 e. The first kappa shape index (κ1) is 20.6. The third-order valence-electron chi connectivity index (χ3n) is 8.25. The first-order valence-corrected chi connectivity index (χ1v) is 12.4. The Morgan fingerprint density at radius 1 is 0.968 bits per heavy atom. The lowest BCUT2D eigenvalue weighted by atomic mass is 9.86. The predicted molar refractivity (Wildman–Crippen MR) is 135 cm³/mol. The van der Waals surface area contributed by atoms with Crippen LogP contribution in [0.15, 0.2) is 49.1 Å². The van der Waals surface area contributed by atoms with E-state index >= 15 is 0 Å². The number of hydrogen-bond donors (Lipinski definition) is 0. The van der Waals surface area contributed by atoms with Gasteiger partial charge >= 0.3 is 0 Å². The molecule has 0 amide bonds. The van der Waals surface area contributed by atoms with Crippen LogP contribution < -0.4 is 0 Å². The van der Waals surface area contributed by atoms with E-state index in [1.54, 1.807) is 27.8 Å². The Balaban J connectivity index is 1.66. The fourth-order valence-electron chi connectivity index (χ4n) is 6.33. The molecule has 2 atom stereocenters. The first-order chi connectivity index (χ1) is 15.0. The van der Waals surface area contributed by atoms with Crippen molar-refractivity contribution in [2.24, 2.45) is 11.8 Å². The van der Waals surface area contributed by atoms with Gasteiger partial charge < -0.3 is 0 Å². The maximum Gasteiger partial charge on any atom is 0.0102 e. The monoisotopic (exact) mass is 408 g/mol. The summed E-state index contributed by atoms with van der Waals surface area (Å²) < 4.78 is 0. The molecule has 0 heterocycles. The molecule has 5 rings (SSSR count). The van der Waals surface area contributed by atoms with Crippen molar-refractivity contribution in [1.82, 2.24) is 0 Å². The SMILES string of the molecule is C=C1CCc2c1ccc1c2-c2c(ccc(C3=CC(C)C=C3)c2C)C1CCC(CC)CC. The molecule has 3 aliphatic carbocycles. The molecule has 0 spiro atoms. The summed E-state index contributed by atoms with van der Waals surface area (Å²) in [5, 5.41) is 0. The number of fused-ring (bicyclic) bond motifs is 5. The highest BCUT2D eigenvalue weighted by atomic mass is 14.4. The van der Waals surface area contributed by atoms with Gasteiger partial charge in [-0.3, -0.25) is 0 Å². The Kier molecular flexibility index (Phi) is 5.29. The van der Waals surface area contributed by atoms with Gasteiger partial charge in [-0.15, -0.1) is 0 Å². The van der Waals surface area contributed by atoms with Crippen LogP contribution in [0.5, 0.6) is 0 Å². The van der Waals surface area contributed by atoms with Crippen LogP contribution in [0.2, 0.25) is 0 Å². The van der Waals surface area contributed by atoms with Crippen molar-refractivity contribution in [2.45, 2.75) is 72.1 Å². The molecule has 3 aliphatic rings. The van der Waals surface area contributed by atoms with Crippen molar-refractivity contribution in [1.29, 1.82) is 0 Å². The normalized spacial score (nSPS) is 20.9. The van der Waals surface area contributed by atoms with Crippen molar-refractivity contribution < 1.29 is 0 Å². The summed E-state index contributed by atoms with van der Waals surface area (Å²) in [6.45, 7) is 13.7. The average Bonchev–Trinajstić information content (AvgIpc) is 3.45. The highest BCUT2D eigenvalue weighted by Gasteiger charge is 2.35. The number of benzene rings is 2. The van der Waals surface area contributed by atoms with Crippen molar-refractivity contribution in [3.8, 4) is 11.1 Å². The molecule has 0 saturated carbocycles. The van der Waals surface area contributed by atoms with Gasteiger partial charge in [0.05, 0.1) is 0 Å². The topological polar surface area (TPSA) is 0 Å². The lowest BCUT2D eigenvalue weighted by Gasteiger charge is -2.19. The molecule has 0 saturated heterocycles. The van der Waals surface area contributed by atoms with E-state index < -0.39 is 0 Å². The van der Waals surface area contributed by atoms with Gasteiger partial charge in [-0.25, -0.2) is 0 Å². The van der Waals surface area contributed by atoms with Crippen LogP contribution in [-0.4, -0.2) is 0 Å². The summed E-state index contributed by atoms with van der Waals surface area (Å²) in [5.41, 5.74) is 14.9. The van der Waals surface area contributed by atoms with Crippen LogP contribution >= 0.6 is 0 Å². The molecule has 2 aromatic rings. The highest BCUT2D eigenvalue weighted by Crippen LogP contribution is 2.54. The molecule has 2 unspecified atom stereocenters. The van der Waals surface area contributed by atoms with Crippen molar-refractivity contribution in [2.75, 3.05) is 0 Å². The van der Waals surface area contributed by atoms with E-state index in [4.69, 9.17) is 0 Å². The van der Waals surface area contributed by atoms with Crippen molar-refractivity contribution >= 4 is 11.1 Å². The van der Waals surface area contributed by atoms with Crippen molar-refractivity contribution in [3.05, 3.63) is 82.5 Å². The average molecular weight is 409 g/mol. The van der Waals surface area contributed by atoms with E-state index in [1.807, 2.05) is 0 Å². The van der Waals surface area contributed by atoms with Gasteiger partial charge in [-0.2, -0.15) is 0 Å². The summed E-state index contributed by atoms with van der Waals surface area (Å²) in [6, 6.07) is 9.68. The fourth-order valence-corrected chi connectivity index (χ4v) is 6.33. The van der Waals surface area contributed by atoms with Crippen LogP contribution in [-0.2, 0) is 6.42 Å². The molecular formula is C31H36. The van der Waals surface area contributed by atoms with Crippen LogP contribution in [0.4, 0.5) is 0 Å². The maximum absolute atomic E-state index is 4.37. The summed E-state index contributed by atoms with van der Waals surface area (Å²) >= 11 is 0. The molecule has 0 bridgehead atoms. The van der Waals surface area contributed by atoms with Gasteiger partial charge in [0.1, 0.15) is 0 Å². The largest absolute Gasteiger partial charge is 0.0952 e. The second-order valence-corrected chi connectivity index (χ2v) is 10.0. The maximum atomic E-state index is 4.37. The predicted octanol–water partition coefficient (Wildman–Crippen LogP) is 8.87. The number of hydrogen-bond acceptors (Lipinski definition) is 0. The third kappa shape index (κ3) is 3.27. The Morgan fingerprint density at radius 2 is 1.68 bits per heavy atom. The molecule has 0 heteroatoms. The standard InChI is InChI=1S/C31H36/c1-6-22(7-2)10-13-26-28-17-15-25(23-11-8-19(3)18-23)21(5)30(28)31-27-12-9-20(4)24(27)14-16-29(26)31/h8,11,14-19,22,26H,4,6-7,9-10,12-13H2,1-3,5H3. The number of rotatable bonds is 6. The molecular weight excluding hydrogens is 372 g/mol. The summed E-state index contributed by atoms with van der Waals surface area (Å²) in [6.07, 6.45) is 14.5. The zero-order valence-corrected chi connectivity index (χ0v) is 19.7. The van der Waals surface area contributed by atoms with E-state index in [-0.39, 0.29) is 0 Å². The quantitative estimate of drug-likeness (QED) is 0.447. The second kappa shape index (κ2) is 7.97. The molecule has 0 aromatic heterocycles. The Labute approximate surface area is 188 Å². The minimum atomic E-state index is 0.537. The lowest BCUT2D eigenvalue weighted by Crippen LogP contribution is -2.03. The van der Waals surface area contributed by atoms with Gasteiger partial charge in [0.2, 0.25) is 0 Å². The Hall–Kier alpha value is -2.34. The second-order valence-electron chi connectivity index (χ2n) is 10.0. The van der Waals surface area contributed by atoms with Gasteiger partial charge in [0, 0.05) is 5.92 Å². The molecule has 0 N–H and O–H groups in total. The molecule has 0 radical (unpaired) electrons. The van der Waals surface area contributed by atoms with E-state index in [0.717, 1.165) is 18.8 Å². The third-order valence-corrected chi connectivity index (χ3v) is 8.25. The molecule has 2 aromatic carbocycles. The zero-order valence-electron chi connectivity index (χ0n) is 19.7. The molecule has 31 heavy (non-hydrogen) atoms. The van der Waals surface area contributed by atoms with E-state index in [2.05, 4.69) is 76.8 Å². The van der Waals surface area contributed by atoms with Crippen LogP contribution in [0, 0.1) is 18.8 Å². The molecule has 160 valence electrons. The van der Waals surface area contributed by atoms with Gasteiger partial charge in [-0.05, 0) is 100 Å². The zero-order chi connectivity index (χ0) is 21.7. The Morgan fingerprint density at radius 3 is 2.35 bits per heavy atom. The minimum Gasteiger partial charge on any atom is -0.0952 e. The summed E-state index contributed by atoms with van der Waals surface area (Å²) in [5.74, 6) is 1.93. The Bertz CT molecular complexity index is 1100. The first-order valence-electron chi connectivity index (χ1n) is 12.4. The lowest BCUT2D eigenvalue weighted by molar-refractivity contribution is 0.430. The van der Waals surface area contributed by atoms with Gasteiger partial charge in [0.15, 0.2) is 0 Å². The summed E-state index contributed by atoms with van der Waals surface area (Å²) in [4.78, 5) is 0. The molecule has 0 nitrogen and oxygen atoms in total. The highest BCUT2D eigenvalue weighted by molar-refractivity contribution is 5.92.